The maximum absolute atomic E-state index is 12.7. The van der Waals surface area contributed by atoms with Gasteiger partial charge in [0.2, 0.25) is 0 Å². The van der Waals surface area contributed by atoms with Crippen LogP contribution in [0.3, 0.4) is 0 Å². The van der Waals surface area contributed by atoms with Gasteiger partial charge in [0.1, 0.15) is 6.54 Å². The smallest absolute Gasteiger partial charge is 0.399 e. The van der Waals surface area contributed by atoms with Gasteiger partial charge in [0, 0.05) is 11.7 Å². The molecule has 0 spiro atoms. The SMILES string of the molecule is CC(C1CC1)N(CC(F)(F)F)C(=O)c1ccc(N)cc1Cl. The maximum atomic E-state index is 12.7. The summed E-state index contributed by atoms with van der Waals surface area (Å²) < 4.78 is 38.2. The Bertz CT molecular complexity index is 544. The Labute approximate surface area is 125 Å². The maximum Gasteiger partial charge on any atom is 0.406 e. The molecule has 0 aromatic heterocycles. The summed E-state index contributed by atoms with van der Waals surface area (Å²) in [6, 6.07) is 3.71. The van der Waals surface area contributed by atoms with Gasteiger partial charge in [-0.25, -0.2) is 0 Å². The van der Waals surface area contributed by atoms with Crippen LogP contribution in [0.2, 0.25) is 5.02 Å². The Kier molecular flexibility index (Phi) is 4.37. The predicted molar refractivity (Wildman–Crippen MR) is 75.1 cm³/mol. The molecule has 1 aliphatic carbocycles. The van der Waals surface area contributed by atoms with Crippen molar-refractivity contribution >= 4 is 23.2 Å². The third-order valence-corrected chi connectivity index (χ3v) is 3.94. The van der Waals surface area contributed by atoms with E-state index in [1.165, 1.54) is 18.2 Å². The molecule has 116 valence electrons. The Balaban J connectivity index is 2.28. The highest BCUT2D eigenvalue weighted by atomic mass is 35.5. The van der Waals surface area contributed by atoms with E-state index >= 15 is 0 Å². The lowest BCUT2D eigenvalue weighted by Gasteiger charge is -2.30. The number of hydrogen-bond acceptors (Lipinski definition) is 2. The number of halogens is 4. The van der Waals surface area contributed by atoms with E-state index in [1.807, 2.05) is 0 Å². The molecule has 1 fully saturated rings. The van der Waals surface area contributed by atoms with Gasteiger partial charge in [-0.1, -0.05) is 11.6 Å². The van der Waals surface area contributed by atoms with E-state index < -0.39 is 24.7 Å². The number of rotatable bonds is 4. The van der Waals surface area contributed by atoms with Crippen LogP contribution in [0.25, 0.3) is 0 Å². The highest BCUT2D eigenvalue weighted by molar-refractivity contribution is 6.34. The molecular weight excluding hydrogens is 305 g/mol. The first-order chi connectivity index (χ1) is 9.69. The van der Waals surface area contributed by atoms with Crippen LogP contribution in [0.4, 0.5) is 18.9 Å². The molecule has 0 radical (unpaired) electrons. The van der Waals surface area contributed by atoms with Crippen LogP contribution in [0, 0.1) is 5.92 Å². The number of alkyl halides is 3. The van der Waals surface area contributed by atoms with Gasteiger partial charge in [-0.3, -0.25) is 4.79 Å². The second-order valence-corrected chi connectivity index (χ2v) is 5.77. The number of nitrogen functional groups attached to an aromatic ring is 1. The van der Waals surface area contributed by atoms with E-state index in [4.69, 9.17) is 17.3 Å². The topological polar surface area (TPSA) is 46.3 Å². The van der Waals surface area contributed by atoms with Gasteiger partial charge in [-0.2, -0.15) is 13.2 Å². The predicted octanol–water partition coefficient (Wildman–Crippen LogP) is 3.73. The zero-order chi connectivity index (χ0) is 15.8. The second kappa shape index (κ2) is 5.75. The summed E-state index contributed by atoms with van der Waals surface area (Å²) in [5.74, 6) is -0.583. The van der Waals surface area contributed by atoms with Gasteiger partial charge < -0.3 is 10.6 Å². The zero-order valence-corrected chi connectivity index (χ0v) is 12.2. The summed E-state index contributed by atoms with van der Waals surface area (Å²) in [6.45, 7) is 0.372. The highest BCUT2D eigenvalue weighted by Crippen LogP contribution is 2.37. The second-order valence-electron chi connectivity index (χ2n) is 5.37. The molecule has 1 aromatic rings. The zero-order valence-electron chi connectivity index (χ0n) is 11.5. The molecule has 1 unspecified atom stereocenters. The Morgan fingerprint density at radius 1 is 1.48 bits per heavy atom. The molecular formula is C14H16ClF3N2O. The van der Waals surface area contributed by atoms with E-state index in [0.29, 0.717) is 5.69 Å². The van der Waals surface area contributed by atoms with Crippen LogP contribution in [0.5, 0.6) is 0 Å². The summed E-state index contributed by atoms with van der Waals surface area (Å²) in [5.41, 5.74) is 5.93. The van der Waals surface area contributed by atoms with E-state index in [1.54, 1.807) is 6.92 Å². The molecule has 0 aliphatic heterocycles. The van der Waals surface area contributed by atoms with Crippen molar-refractivity contribution in [2.75, 3.05) is 12.3 Å². The monoisotopic (exact) mass is 320 g/mol. The summed E-state index contributed by atoms with van der Waals surface area (Å²) in [6.07, 6.45) is -2.75. The molecule has 1 aliphatic rings. The van der Waals surface area contributed by atoms with Gasteiger partial charge in [-0.05, 0) is 43.9 Å². The largest absolute Gasteiger partial charge is 0.406 e. The number of nitrogens with zero attached hydrogens (tertiary/aromatic N) is 1. The first-order valence-corrected chi connectivity index (χ1v) is 6.99. The van der Waals surface area contributed by atoms with Crippen molar-refractivity contribution in [1.82, 2.24) is 4.90 Å². The molecule has 0 saturated heterocycles. The van der Waals surface area contributed by atoms with Gasteiger partial charge in [0.05, 0.1) is 10.6 Å². The summed E-state index contributed by atoms with van der Waals surface area (Å²) in [7, 11) is 0. The van der Waals surface area contributed by atoms with Crippen LogP contribution in [0.15, 0.2) is 18.2 Å². The minimum absolute atomic E-state index is 0.0441. The van der Waals surface area contributed by atoms with Crippen molar-refractivity contribution in [2.24, 2.45) is 5.92 Å². The molecule has 1 amide bonds. The molecule has 3 nitrogen and oxygen atoms in total. The summed E-state index contributed by atoms with van der Waals surface area (Å²) in [5, 5.41) is 0.0650. The van der Waals surface area contributed by atoms with Gasteiger partial charge in [0.15, 0.2) is 0 Å². The van der Waals surface area contributed by atoms with Crippen molar-refractivity contribution in [1.29, 1.82) is 0 Å². The molecule has 7 heteroatoms. The number of anilines is 1. The van der Waals surface area contributed by atoms with E-state index in [2.05, 4.69) is 0 Å². The lowest BCUT2D eigenvalue weighted by Crippen LogP contribution is -2.45. The highest BCUT2D eigenvalue weighted by Gasteiger charge is 2.41. The number of carbonyl (C=O) groups excluding carboxylic acids is 1. The molecule has 0 heterocycles. The Morgan fingerprint density at radius 2 is 2.10 bits per heavy atom. The molecule has 2 rings (SSSR count). The van der Waals surface area contributed by atoms with Crippen molar-refractivity contribution in [2.45, 2.75) is 32.0 Å². The number of hydrogen-bond donors (Lipinski definition) is 1. The lowest BCUT2D eigenvalue weighted by atomic mass is 10.1. The van der Waals surface area contributed by atoms with Crippen LogP contribution < -0.4 is 5.73 Å². The molecule has 1 atom stereocenters. The average molecular weight is 321 g/mol. The average Bonchev–Trinajstić information content (AvgIpc) is 3.17. The first kappa shape index (κ1) is 15.9. The van der Waals surface area contributed by atoms with Gasteiger partial charge in [0.25, 0.3) is 5.91 Å². The molecule has 1 saturated carbocycles. The summed E-state index contributed by atoms with van der Waals surface area (Å²) >= 11 is 5.93. The molecule has 1 aromatic carbocycles. The van der Waals surface area contributed by atoms with Crippen LogP contribution in [0.1, 0.15) is 30.1 Å². The van der Waals surface area contributed by atoms with Crippen molar-refractivity contribution in [3.8, 4) is 0 Å². The fourth-order valence-corrected chi connectivity index (χ4v) is 2.56. The fraction of sp³-hybridized carbons (Fsp3) is 0.500. The Hall–Kier alpha value is -1.43. The van der Waals surface area contributed by atoms with Crippen LogP contribution in [-0.2, 0) is 0 Å². The normalized spacial score (nSPS) is 16.6. The minimum Gasteiger partial charge on any atom is -0.399 e. The molecule has 0 bridgehead atoms. The van der Waals surface area contributed by atoms with Gasteiger partial charge >= 0.3 is 6.18 Å². The molecule has 2 N–H and O–H groups in total. The third-order valence-electron chi connectivity index (χ3n) is 3.63. The number of benzene rings is 1. The number of nitrogens with two attached hydrogens (primary N) is 1. The quantitative estimate of drug-likeness (QED) is 0.859. The van der Waals surface area contributed by atoms with Gasteiger partial charge in [-0.15, -0.1) is 0 Å². The first-order valence-electron chi connectivity index (χ1n) is 6.62. The van der Waals surface area contributed by atoms with Crippen LogP contribution in [-0.4, -0.2) is 29.6 Å². The number of carbonyl (C=O) groups is 1. The van der Waals surface area contributed by atoms with E-state index in [0.717, 1.165) is 17.7 Å². The lowest BCUT2D eigenvalue weighted by molar-refractivity contribution is -0.144. The van der Waals surface area contributed by atoms with E-state index in [-0.39, 0.29) is 16.5 Å². The Morgan fingerprint density at radius 3 is 2.57 bits per heavy atom. The fourth-order valence-electron chi connectivity index (χ4n) is 2.29. The standard InChI is InChI=1S/C14H16ClF3N2O/c1-8(9-2-3-9)20(7-14(16,17)18)13(21)11-5-4-10(19)6-12(11)15/h4-6,8-9H,2-3,7,19H2,1H3. The van der Waals surface area contributed by atoms with Crippen LogP contribution >= 0.6 is 11.6 Å². The number of amides is 1. The third kappa shape index (κ3) is 4.03. The van der Waals surface area contributed by atoms with E-state index in [9.17, 15) is 18.0 Å². The van der Waals surface area contributed by atoms with Crippen molar-refractivity contribution in [3.63, 3.8) is 0 Å². The van der Waals surface area contributed by atoms with Crippen molar-refractivity contribution < 1.29 is 18.0 Å². The summed E-state index contributed by atoms with van der Waals surface area (Å²) in [4.78, 5) is 13.3. The molecule has 21 heavy (non-hydrogen) atoms. The van der Waals surface area contributed by atoms with Crippen molar-refractivity contribution in [3.05, 3.63) is 28.8 Å². The minimum atomic E-state index is -4.45.